The van der Waals surface area contributed by atoms with Crippen LogP contribution in [-0.4, -0.2) is 51.3 Å². The number of halogens is 1. The number of aromatic nitrogens is 4. The molecule has 140 valence electrons. The van der Waals surface area contributed by atoms with Crippen LogP contribution in [0.15, 0.2) is 24.3 Å². The lowest BCUT2D eigenvalue weighted by Crippen LogP contribution is -2.48. The molecule has 0 spiro atoms. The molecule has 1 aromatic heterocycles. The van der Waals surface area contributed by atoms with E-state index in [0.29, 0.717) is 6.04 Å². The van der Waals surface area contributed by atoms with E-state index in [9.17, 15) is 4.39 Å². The van der Waals surface area contributed by atoms with Crippen molar-refractivity contribution in [2.75, 3.05) is 31.1 Å². The van der Waals surface area contributed by atoms with Gasteiger partial charge in [0, 0.05) is 31.9 Å². The molecule has 1 saturated carbocycles. The van der Waals surface area contributed by atoms with Crippen molar-refractivity contribution in [3.63, 3.8) is 0 Å². The molecule has 26 heavy (non-hydrogen) atoms. The van der Waals surface area contributed by atoms with E-state index < -0.39 is 0 Å². The standard InChI is InChI=1S/C19H27FN6/c1-2-18(19-21-22-23-26(19)17-5-3-4-6-17)25-13-11-24(12-14-25)16-9-7-15(20)8-10-16/h7-10,17-18H,2-6,11-14H2,1H3/t18-/m0/s1. The first-order valence-corrected chi connectivity index (χ1v) is 9.78. The predicted octanol–water partition coefficient (Wildman–Crippen LogP) is 3.20. The molecule has 0 radical (unpaired) electrons. The molecular weight excluding hydrogens is 331 g/mol. The van der Waals surface area contributed by atoms with E-state index in [-0.39, 0.29) is 11.9 Å². The zero-order valence-electron chi connectivity index (χ0n) is 15.4. The first-order valence-electron chi connectivity index (χ1n) is 9.78. The molecular formula is C19H27FN6. The van der Waals surface area contributed by atoms with Crippen molar-refractivity contribution < 1.29 is 4.39 Å². The van der Waals surface area contributed by atoms with Gasteiger partial charge in [-0.05, 0) is 54.0 Å². The SMILES string of the molecule is CC[C@@H](c1nnnn1C1CCCC1)N1CCN(c2ccc(F)cc2)CC1. The van der Waals surface area contributed by atoms with Crippen LogP contribution < -0.4 is 4.90 Å². The van der Waals surface area contributed by atoms with Crippen molar-refractivity contribution in [1.82, 2.24) is 25.1 Å². The molecule has 4 rings (SSSR count). The van der Waals surface area contributed by atoms with Crippen LogP contribution in [0, 0.1) is 5.82 Å². The third kappa shape index (κ3) is 3.45. The summed E-state index contributed by atoms with van der Waals surface area (Å²) in [6, 6.07) is 7.53. The van der Waals surface area contributed by atoms with E-state index in [0.717, 1.165) is 44.1 Å². The van der Waals surface area contributed by atoms with Crippen LogP contribution in [0.4, 0.5) is 10.1 Å². The van der Waals surface area contributed by atoms with E-state index in [1.807, 2.05) is 12.1 Å². The Morgan fingerprint density at radius 1 is 1.08 bits per heavy atom. The first kappa shape index (κ1) is 17.4. The Morgan fingerprint density at radius 3 is 2.42 bits per heavy atom. The highest BCUT2D eigenvalue weighted by molar-refractivity contribution is 5.46. The second-order valence-corrected chi connectivity index (χ2v) is 7.34. The minimum Gasteiger partial charge on any atom is -0.369 e. The molecule has 2 aliphatic rings. The van der Waals surface area contributed by atoms with Gasteiger partial charge in [-0.2, -0.15) is 0 Å². The van der Waals surface area contributed by atoms with E-state index in [4.69, 9.17) is 0 Å². The zero-order chi connectivity index (χ0) is 17.9. The summed E-state index contributed by atoms with van der Waals surface area (Å²) in [6.45, 7) is 6.02. The van der Waals surface area contributed by atoms with Crippen LogP contribution in [0.25, 0.3) is 0 Å². The number of rotatable bonds is 5. The molecule has 7 heteroatoms. The molecule has 0 N–H and O–H groups in total. The van der Waals surface area contributed by atoms with Gasteiger partial charge in [-0.3, -0.25) is 4.90 Å². The average Bonchev–Trinajstić information content (AvgIpc) is 3.35. The quantitative estimate of drug-likeness (QED) is 0.821. The minimum absolute atomic E-state index is 0.183. The first-order chi connectivity index (χ1) is 12.8. The smallest absolute Gasteiger partial charge is 0.168 e. The Kier molecular flexibility index (Phi) is 5.15. The second kappa shape index (κ2) is 7.70. The van der Waals surface area contributed by atoms with Crippen molar-refractivity contribution in [1.29, 1.82) is 0 Å². The van der Waals surface area contributed by atoms with Crippen LogP contribution in [0.1, 0.15) is 56.9 Å². The summed E-state index contributed by atoms with van der Waals surface area (Å²) < 4.78 is 15.2. The molecule has 1 saturated heterocycles. The van der Waals surface area contributed by atoms with Gasteiger partial charge in [-0.15, -0.1) is 5.10 Å². The van der Waals surface area contributed by atoms with E-state index in [1.54, 1.807) is 0 Å². The maximum Gasteiger partial charge on any atom is 0.168 e. The molecule has 2 heterocycles. The zero-order valence-corrected chi connectivity index (χ0v) is 15.4. The summed E-state index contributed by atoms with van der Waals surface area (Å²) in [4.78, 5) is 4.82. The highest BCUT2D eigenvalue weighted by atomic mass is 19.1. The monoisotopic (exact) mass is 358 g/mol. The topological polar surface area (TPSA) is 50.1 Å². The number of piperazine rings is 1. The third-order valence-electron chi connectivity index (χ3n) is 5.82. The maximum absolute atomic E-state index is 13.1. The summed E-state index contributed by atoms with van der Waals surface area (Å²) in [5, 5.41) is 12.7. The van der Waals surface area contributed by atoms with Crippen LogP contribution in [0.3, 0.4) is 0 Å². The highest BCUT2D eigenvalue weighted by Crippen LogP contribution is 2.33. The molecule has 6 nitrogen and oxygen atoms in total. The molecule has 1 aliphatic heterocycles. The van der Waals surface area contributed by atoms with Gasteiger partial charge in [0.15, 0.2) is 5.82 Å². The van der Waals surface area contributed by atoms with Crippen molar-refractivity contribution in [3.8, 4) is 0 Å². The summed E-state index contributed by atoms with van der Waals surface area (Å²) in [7, 11) is 0. The lowest BCUT2D eigenvalue weighted by Gasteiger charge is -2.39. The third-order valence-corrected chi connectivity index (χ3v) is 5.82. The molecule has 1 atom stereocenters. The van der Waals surface area contributed by atoms with Crippen LogP contribution in [-0.2, 0) is 0 Å². The van der Waals surface area contributed by atoms with Crippen molar-refractivity contribution in [2.24, 2.45) is 0 Å². The Hall–Kier alpha value is -2.02. The Labute approximate surface area is 154 Å². The molecule has 1 aromatic carbocycles. The van der Waals surface area contributed by atoms with Crippen LogP contribution in [0.2, 0.25) is 0 Å². The largest absolute Gasteiger partial charge is 0.369 e. The minimum atomic E-state index is -0.183. The van der Waals surface area contributed by atoms with E-state index in [2.05, 4.69) is 36.9 Å². The van der Waals surface area contributed by atoms with E-state index >= 15 is 0 Å². The second-order valence-electron chi connectivity index (χ2n) is 7.34. The van der Waals surface area contributed by atoms with Crippen molar-refractivity contribution >= 4 is 5.69 Å². The summed E-state index contributed by atoms with van der Waals surface area (Å²) >= 11 is 0. The van der Waals surface area contributed by atoms with Crippen LogP contribution in [0.5, 0.6) is 0 Å². The van der Waals surface area contributed by atoms with Crippen molar-refractivity contribution in [2.45, 2.75) is 51.1 Å². The lowest BCUT2D eigenvalue weighted by molar-refractivity contribution is 0.166. The summed E-state index contributed by atoms with van der Waals surface area (Å²) in [5.74, 6) is 0.840. The fourth-order valence-electron chi connectivity index (χ4n) is 4.38. The Balaban J connectivity index is 1.44. The van der Waals surface area contributed by atoms with Crippen molar-refractivity contribution in [3.05, 3.63) is 35.9 Å². The Bertz CT molecular complexity index is 701. The van der Waals surface area contributed by atoms with Gasteiger partial charge in [-0.25, -0.2) is 9.07 Å². The average molecular weight is 358 g/mol. The van der Waals surface area contributed by atoms with Gasteiger partial charge < -0.3 is 4.90 Å². The van der Waals surface area contributed by atoms with Gasteiger partial charge in [0.05, 0.1) is 12.1 Å². The molecule has 0 unspecified atom stereocenters. The number of tetrazole rings is 1. The fourth-order valence-corrected chi connectivity index (χ4v) is 4.38. The van der Waals surface area contributed by atoms with Crippen LogP contribution >= 0.6 is 0 Å². The van der Waals surface area contributed by atoms with E-state index in [1.165, 1.54) is 37.8 Å². The summed E-state index contributed by atoms with van der Waals surface area (Å²) in [5.41, 5.74) is 1.09. The molecule has 2 fully saturated rings. The molecule has 0 amide bonds. The number of hydrogen-bond acceptors (Lipinski definition) is 5. The molecule has 2 aromatic rings. The summed E-state index contributed by atoms with van der Waals surface area (Å²) in [6.07, 6.45) is 5.93. The van der Waals surface area contributed by atoms with Gasteiger partial charge in [0.1, 0.15) is 5.82 Å². The van der Waals surface area contributed by atoms with Gasteiger partial charge in [0.25, 0.3) is 0 Å². The molecule has 0 bridgehead atoms. The fraction of sp³-hybridized carbons (Fsp3) is 0.632. The highest BCUT2D eigenvalue weighted by Gasteiger charge is 2.30. The molecule has 1 aliphatic carbocycles. The number of benzene rings is 1. The number of anilines is 1. The normalized spacial score (nSPS) is 20.6. The Morgan fingerprint density at radius 2 is 1.77 bits per heavy atom. The van der Waals surface area contributed by atoms with Gasteiger partial charge in [-0.1, -0.05) is 19.8 Å². The maximum atomic E-state index is 13.1. The number of hydrogen-bond donors (Lipinski definition) is 0. The van der Waals surface area contributed by atoms with Gasteiger partial charge >= 0.3 is 0 Å². The predicted molar refractivity (Wildman–Crippen MR) is 98.5 cm³/mol. The lowest BCUT2D eigenvalue weighted by atomic mass is 10.1. The number of nitrogens with zero attached hydrogens (tertiary/aromatic N) is 6. The van der Waals surface area contributed by atoms with Gasteiger partial charge in [0.2, 0.25) is 0 Å².